The Bertz CT molecular complexity index is 262. The fourth-order valence-electron chi connectivity index (χ4n) is 0.943. The highest BCUT2D eigenvalue weighted by atomic mass is 14.8. The quantitative estimate of drug-likeness (QED) is 0.671. The smallest absolute Gasteiger partial charge is 0.115 e. The topological polar surface area (TPSA) is 51.8 Å². The largest absolute Gasteiger partial charge is 0.319 e. The van der Waals surface area contributed by atoms with Gasteiger partial charge in [0.25, 0.3) is 0 Å². The van der Waals surface area contributed by atoms with E-state index < -0.39 is 0 Å². The van der Waals surface area contributed by atoms with E-state index in [0.717, 1.165) is 5.69 Å². The lowest BCUT2D eigenvalue weighted by atomic mass is 10.1. The Kier molecular flexibility index (Phi) is 2.94. The van der Waals surface area contributed by atoms with Crippen LogP contribution in [0.25, 0.3) is 0 Å². The van der Waals surface area contributed by atoms with Crippen LogP contribution in [0.15, 0.2) is 30.2 Å². The van der Waals surface area contributed by atoms with Gasteiger partial charge in [0.15, 0.2) is 0 Å². The van der Waals surface area contributed by atoms with E-state index in [9.17, 15) is 0 Å². The lowest BCUT2D eigenvalue weighted by molar-refractivity contribution is 0.842. The molecule has 0 amide bonds. The maximum absolute atomic E-state index is 5.83. The monoisotopic (exact) mass is 163 g/mol. The first-order valence-electron chi connectivity index (χ1n) is 3.86. The predicted octanol–water partition coefficient (Wildman–Crippen LogP) is 1.44. The van der Waals surface area contributed by atoms with Gasteiger partial charge in [-0.25, -0.2) is 9.97 Å². The first-order valence-corrected chi connectivity index (χ1v) is 3.86. The molecule has 3 heteroatoms. The summed E-state index contributed by atoms with van der Waals surface area (Å²) < 4.78 is 0. The summed E-state index contributed by atoms with van der Waals surface area (Å²) >= 11 is 0. The van der Waals surface area contributed by atoms with E-state index in [2.05, 4.69) is 9.97 Å². The van der Waals surface area contributed by atoms with Crippen molar-refractivity contribution in [2.45, 2.75) is 19.9 Å². The van der Waals surface area contributed by atoms with Crippen molar-refractivity contribution in [3.05, 3.63) is 35.9 Å². The summed E-state index contributed by atoms with van der Waals surface area (Å²) in [6, 6.07) is 1.71. The molecule has 0 fully saturated rings. The third-order valence-corrected chi connectivity index (χ3v) is 1.46. The van der Waals surface area contributed by atoms with Gasteiger partial charge in [0.1, 0.15) is 6.33 Å². The Morgan fingerprint density at radius 3 is 2.83 bits per heavy atom. The Balaban J connectivity index is 2.79. The summed E-state index contributed by atoms with van der Waals surface area (Å²) in [6.07, 6.45) is 5.18. The van der Waals surface area contributed by atoms with Crippen molar-refractivity contribution >= 4 is 0 Å². The van der Waals surface area contributed by atoms with Crippen LogP contribution in [0, 0.1) is 0 Å². The van der Waals surface area contributed by atoms with Crippen molar-refractivity contribution in [3.8, 4) is 0 Å². The average Bonchev–Trinajstić information content (AvgIpc) is 2.05. The molecule has 2 N–H and O–H groups in total. The van der Waals surface area contributed by atoms with Gasteiger partial charge in [-0.05, 0) is 19.9 Å². The zero-order chi connectivity index (χ0) is 8.97. The van der Waals surface area contributed by atoms with E-state index in [0.29, 0.717) is 0 Å². The molecule has 1 atom stereocenters. The molecule has 0 aliphatic carbocycles. The highest BCUT2D eigenvalue weighted by Gasteiger charge is 2.01. The number of nitrogens with zero attached hydrogens (tertiary/aromatic N) is 2. The average molecular weight is 163 g/mol. The molecule has 64 valence electrons. The number of allylic oxidation sites excluding steroid dienone is 1. The lowest BCUT2D eigenvalue weighted by Gasteiger charge is -2.04. The van der Waals surface area contributed by atoms with Gasteiger partial charge < -0.3 is 5.73 Å². The number of hydrogen-bond acceptors (Lipinski definition) is 3. The fourth-order valence-corrected chi connectivity index (χ4v) is 0.943. The first-order chi connectivity index (χ1) is 5.70. The van der Waals surface area contributed by atoms with E-state index in [1.165, 1.54) is 11.9 Å². The molecule has 0 spiro atoms. The second kappa shape index (κ2) is 3.97. The minimum absolute atomic E-state index is 0.113. The molecule has 1 aromatic heterocycles. The molecule has 0 aromatic carbocycles. The van der Waals surface area contributed by atoms with Crippen molar-refractivity contribution in [2.75, 3.05) is 0 Å². The molecule has 1 aromatic rings. The summed E-state index contributed by atoms with van der Waals surface area (Å²) in [5.74, 6) is 0. The van der Waals surface area contributed by atoms with Gasteiger partial charge in [-0.3, -0.25) is 0 Å². The second-order valence-corrected chi connectivity index (χ2v) is 2.90. The van der Waals surface area contributed by atoms with Crippen LogP contribution in [0.2, 0.25) is 0 Å². The lowest BCUT2D eigenvalue weighted by Crippen LogP contribution is -2.09. The zero-order valence-corrected chi connectivity index (χ0v) is 7.36. The van der Waals surface area contributed by atoms with Crippen LogP contribution < -0.4 is 5.73 Å². The van der Waals surface area contributed by atoms with Gasteiger partial charge in [-0.15, -0.1) is 0 Å². The Hall–Kier alpha value is -1.22. The second-order valence-electron chi connectivity index (χ2n) is 2.90. The first kappa shape index (κ1) is 8.87. The van der Waals surface area contributed by atoms with Crippen LogP contribution in [-0.2, 0) is 0 Å². The molecule has 1 heterocycles. The minimum Gasteiger partial charge on any atom is -0.319 e. The maximum atomic E-state index is 5.83. The van der Waals surface area contributed by atoms with Crippen LogP contribution >= 0.6 is 0 Å². The number of rotatable bonds is 2. The number of nitrogens with two attached hydrogens (primary N) is 1. The third-order valence-electron chi connectivity index (χ3n) is 1.46. The molecule has 1 unspecified atom stereocenters. The van der Waals surface area contributed by atoms with Gasteiger partial charge >= 0.3 is 0 Å². The molecule has 0 aliphatic rings. The third kappa shape index (κ3) is 2.43. The van der Waals surface area contributed by atoms with Gasteiger partial charge in [-0.1, -0.05) is 11.6 Å². The molecule has 0 aliphatic heterocycles. The highest BCUT2D eigenvalue weighted by molar-refractivity contribution is 5.13. The molecule has 3 nitrogen and oxygen atoms in total. The Morgan fingerprint density at radius 2 is 2.33 bits per heavy atom. The summed E-state index contributed by atoms with van der Waals surface area (Å²) in [7, 11) is 0. The fraction of sp³-hybridized carbons (Fsp3) is 0.333. The molecule has 12 heavy (non-hydrogen) atoms. The molecule has 0 radical (unpaired) electrons. The SMILES string of the molecule is CC(C)=CC(N)c1ccncn1. The van der Waals surface area contributed by atoms with Gasteiger partial charge in [0.2, 0.25) is 0 Å². The van der Waals surface area contributed by atoms with Crippen LogP contribution in [0.1, 0.15) is 25.6 Å². The minimum atomic E-state index is -0.113. The molecular weight excluding hydrogens is 150 g/mol. The Morgan fingerprint density at radius 1 is 1.58 bits per heavy atom. The van der Waals surface area contributed by atoms with E-state index >= 15 is 0 Å². The van der Waals surface area contributed by atoms with E-state index in [1.54, 1.807) is 6.20 Å². The van der Waals surface area contributed by atoms with Crippen molar-refractivity contribution in [1.29, 1.82) is 0 Å². The van der Waals surface area contributed by atoms with Crippen molar-refractivity contribution in [3.63, 3.8) is 0 Å². The van der Waals surface area contributed by atoms with Crippen molar-refractivity contribution in [2.24, 2.45) is 5.73 Å². The summed E-state index contributed by atoms with van der Waals surface area (Å²) in [5.41, 5.74) is 7.88. The van der Waals surface area contributed by atoms with Crippen LogP contribution in [-0.4, -0.2) is 9.97 Å². The standard InChI is InChI=1S/C9H13N3/c1-7(2)5-8(10)9-3-4-11-6-12-9/h3-6,8H,10H2,1-2H3. The van der Waals surface area contributed by atoms with Crippen molar-refractivity contribution in [1.82, 2.24) is 9.97 Å². The number of hydrogen-bond donors (Lipinski definition) is 1. The summed E-state index contributed by atoms with van der Waals surface area (Å²) in [4.78, 5) is 7.87. The predicted molar refractivity (Wildman–Crippen MR) is 48.4 cm³/mol. The van der Waals surface area contributed by atoms with E-state index in [4.69, 9.17) is 5.73 Å². The zero-order valence-electron chi connectivity index (χ0n) is 7.36. The molecule has 0 bridgehead atoms. The van der Waals surface area contributed by atoms with Gasteiger partial charge in [0, 0.05) is 6.20 Å². The van der Waals surface area contributed by atoms with Gasteiger partial charge in [0.05, 0.1) is 11.7 Å². The Labute approximate surface area is 72.3 Å². The van der Waals surface area contributed by atoms with E-state index in [-0.39, 0.29) is 6.04 Å². The van der Waals surface area contributed by atoms with Crippen molar-refractivity contribution < 1.29 is 0 Å². The molecule has 1 rings (SSSR count). The number of aromatic nitrogens is 2. The normalized spacial score (nSPS) is 12.2. The van der Waals surface area contributed by atoms with Crippen LogP contribution in [0.5, 0.6) is 0 Å². The molecular formula is C9H13N3. The summed E-state index contributed by atoms with van der Waals surface area (Å²) in [6.45, 7) is 4.03. The maximum Gasteiger partial charge on any atom is 0.115 e. The van der Waals surface area contributed by atoms with Crippen LogP contribution in [0.3, 0.4) is 0 Å². The summed E-state index contributed by atoms with van der Waals surface area (Å²) in [5, 5.41) is 0. The molecule has 0 saturated carbocycles. The van der Waals surface area contributed by atoms with Crippen LogP contribution in [0.4, 0.5) is 0 Å². The van der Waals surface area contributed by atoms with E-state index in [1.807, 2.05) is 26.0 Å². The highest BCUT2D eigenvalue weighted by Crippen LogP contribution is 2.08. The molecule has 0 saturated heterocycles. The van der Waals surface area contributed by atoms with Gasteiger partial charge in [-0.2, -0.15) is 0 Å².